The molecule has 0 aliphatic rings. The molecule has 2 rings (SSSR count). The van der Waals surface area contributed by atoms with Crippen LogP contribution in [-0.2, 0) is 13.2 Å². The second-order valence-electron chi connectivity index (χ2n) is 3.84. The molecule has 6 heteroatoms. The van der Waals surface area contributed by atoms with Crippen LogP contribution in [0.2, 0.25) is 0 Å². The molecule has 1 aromatic heterocycles. The minimum Gasteiger partial charge on any atom is -0.392 e. The normalized spacial score (nSPS) is 10.3. The van der Waals surface area contributed by atoms with E-state index in [1.54, 1.807) is 6.92 Å². The van der Waals surface area contributed by atoms with Gasteiger partial charge in [-0.1, -0.05) is 28.8 Å². The average Bonchev–Trinajstić information content (AvgIpc) is 2.83. The number of rotatable bonds is 4. The van der Waals surface area contributed by atoms with Crippen molar-refractivity contribution < 1.29 is 9.90 Å². The number of aryl methyl sites for hydroxylation is 1. The van der Waals surface area contributed by atoms with Gasteiger partial charge in [-0.05, 0) is 29.6 Å². The molecule has 0 aliphatic heterocycles. The van der Waals surface area contributed by atoms with Crippen LogP contribution >= 0.6 is 11.5 Å². The summed E-state index contributed by atoms with van der Waals surface area (Å²) in [6, 6.07) is 7.43. The summed E-state index contributed by atoms with van der Waals surface area (Å²) in [4.78, 5) is 12.3. The van der Waals surface area contributed by atoms with Crippen molar-refractivity contribution in [3.63, 3.8) is 0 Å². The Hall–Kier alpha value is -1.79. The number of hydrogen-bond donors (Lipinski definition) is 2. The number of nitrogens with one attached hydrogen (secondary N) is 1. The summed E-state index contributed by atoms with van der Waals surface area (Å²) in [7, 11) is 0. The molecule has 2 N–H and O–H groups in total. The van der Waals surface area contributed by atoms with Crippen LogP contribution in [0, 0.1) is 6.92 Å². The molecule has 0 fully saturated rings. The number of amides is 1. The van der Waals surface area contributed by atoms with E-state index in [1.165, 1.54) is 0 Å². The van der Waals surface area contributed by atoms with Crippen LogP contribution in [0.4, 0.5) is 0 Å². The van der Waals surface area contributed by atoms with Gasteiger partial charge in [0.25, 0.3) is 5.91 Å². The molecule has 0 bridgehead atoms. The highest BCUT2D eigenvalue weighted by Crippen LogP contribution is 2.09. The number of aliphatic hydroxyl groups excluding tert-OH is 1. The largest absolute Gasteiger partial charge is 0.392 e. The third-order valence-electron chi connectivity index (χ3n) is 2.52. The molecule has 0 atom stereocenters. The maximum Gasteiger partial charge on any atom is 0.265 e. The number of aliphatic hydroxyl groups is 1. The fourth-order valence-corrected chi connectivity index (χ4v) is 2.04. The predicted molar refractivity (Wildman–Crippen MR) is 68.2 cm³/mol. The molecule has 0 radical (unpaired) electrons. The summed E-state index contributed by atoms with van der Waals surface area (Å²) in [6.07, 6.45) is 0. The molecular weight excluding hydrogens is 250 g/mol. The Bertz CT molecular complexity index is 537. The highest BCUT2D eigenvalue weighted by Gasteiger charge is 2.12. The van der Waals surface area contributed by atoms with Gasteiger partial charge in [0, 0.05) is 6.54 Å². The summed E-state index contributed by atoms with van der Waals surface area (Å²) in [5.41, 5.74) is 2.48. The number of nitrogens with zero attached hydrogens (tertiary/aromatic N) is 2. The average molecular weight is 263 g/mol. The quantitative estimate of drug-likeness (QED) is 0.871. The van der Waals surface area contributed by atoms with E-state index in [1.807, 2.05) is 24.3 Å². The summed E-state index contributed by atoms with van der Waals surface area (Å²) < 4.78 is 3.72. The van der Waals surface area contributed by atoms with Gasteiger partial charge in [0.15, 0.2) is 0 Å². The third kappa shape index (κ3) is 2.91. The fourth-order valence-electron chi connectivity index (χ4n) is 1.46. The standard InChI is InChI=1S/C12H13N3O2S/c1-8-11(18-15-14-8)12(17)13-6-9-2-4-10(7-16)5-3-9/h2-5,16H,6-7H2,1H3,(H,13,17). The molecule has 0 aliphatic carbocycles. The summed E-state index contributed by atoms with van der Waals surface area (Å²) in [6.45, 7) is 2.23. The van der Waals surface area contributed by atoms with Gasteiger partial charge >= 0.3 is 0 Å². The van der Waals surface area contributed by atoms with Crippen molar-refractivity contribution in [2.75, 3.05) is 0 Å². The maximum atomic E-state index is 11.8. The first-order chi connectivity index (χ1) is 8.70. The van der Waals surface area contributed by atoms with Crippen molar-refractivity contribution >= 4 is 17.4 Å². The second-order valence-corrected chi connectivity index (χ2v) is 4.60. The van der Waals surface area contributed by atoms with E-state index in [-0.39, 0.29) is 12.5 Å². The molecule has 1 heterocycles. The zero-order valence-electron chi connectivity index (χ0n) is 9.88. The van der Waals surface area contributed by atoms with Gasteiger partial charge < -0.3 is 10.4 Å². The van der Waals surface area contributed by atoms with E-state index >= 15 is 0 Å². The van der Waals surface area contributed by atoms with Gasteiger partial charge in [0.2, 0.25) is 0 Å². The van der Waals surface area contributed by atoms with Crippen molar-refractivity contribution in [2.24, 2.45) is 0 Å². The number of benzene rings is 1. The minimum atomic E-state index is -0.159. The first kappa shape index (κ1) is 12.7. The Labute approximate surface area is 109 Å². The Morgan fingerprint density at radius 1 is 1.33 bits per heavy atom. The zero-order valence-corrected chi connectivity index (χ0v) is 10.7. The fraction of sp³-hybridized carbons (Fsp3) is 0.250. The molecular formula is C12H13N3O2S. The molecule has 1 aromatic carbocycles. The van der Waals surface area contributed by atoms with Crippen molar-refractivity contribution in [1.82, 2.24) is 14.9 Å². The highest BCUT2D eigenvalue weighted by molar-refractivity contribution is 7.07. The molecule has 0 saturated heterocycles. The smallest absolute Gasteiger partial charge is 0.265 e. The van der Waals surface area contributed by atoms with Gasteiger partial charge in [-0.15, -0.1) is 5.10 Å². The Balaban J connectivity index is 1.95. The second kappa shape index (κ2) is 5.70. The molecule has 0 unspecified atom stereocenters. The lowest BCUT2D eigenvalue weighted by Crippen LogP contribution is -2.22. The van der Waals surface area contributed by atoms with Crippen molar-refractivity contribution in [2.45, 2.75) is 20.1 Å². The van der Waals surface area contributed by atoms with Crippen LogP contribution in [0.5, 0.6) is 0 Å². The summed E-state index contributed by atoms with van der Waals surface area (Å²) in [5, 5.41) is 15.5. The maximum absolute atomic E-state index is 11.8. The van der Waals surface area contributed by atoms with Crippen molar-refractivity contribution in [3.8, 4) is 0 Å². The molecule has 0 saturated carbocycles. The molecule has 94 valence electrons. The monoisotopic (exact) mass is 263 g/mol. The van der Waals surface area contributed by atoms with Crippen LogP contribution < -0.4 is 5.32 Å². The van der Waals surface area contributed by atoms with Crippen LogP contribution in [0.1, 0.15) is 26.5 Å². The summed E-state index contributed by atoms with van der Waals surface area (Å²) >= 11 is 1.09. The van der Waals surface area contributed by atoms with E-state index in [4.69, 9.17) is 5.11 Å². The summed E-state index contributed by atoms with van der Waals surface area (Å²) in [5.74, 6) is -0.159. The zero-order chi connectivity index (χ0) is 13.0. The lowest BCUT2D eigenvalue weighted by Gasteiger charge is -2.04. The number of hydrogen-bond acceptors (Lipinski definition) is 5. The third-order valence-corrected chi connectivity index (χ3v) is 3.34. The van der Waals surface area contributed by atoms with Gasteiger partial charge in [0.05, 0.1) is 12.3 Å². The van der Waals surface area contributed by atoms with E-state index in [2.05, 4.69) is 14.9 Å². The predicted octanol–water partition coefficient (Wildman–Crippen LogP) is 1.27. The minimum absolute atomic E-state index is 0.0262. The van der Waals surface area contributed by atoms with Gasteiger partial charge in [-0.3, -0.25) is 4.79 Å². The number of carbonyl (C=O) groups excluding carboxylic acids is 1. The number of carbonyl (C=O) groups is 1. The Morgan fingerprint density at radius 3 is 2.56 bits per heavy atom. The van der Waals surface area contributed by atoms with E-state index in [9.17, 15) is 4.79 Å². The van der Waals surface area contributed by atoms with E-state index < -0.39 is 0 Å². The lowest BCUT2D eigenvalue weighted by molar-refractivity contribution is 0.0954. The highest BCUT2D eigenvalue weighted by atomic mass is 32.1. The van der Waals surface area contributed by atoms with Crippen LogP contribution in [0.25, 0.3) is 0 Å². The first-order valence-corrected chi connectivity index (χ1v) is 6.24. The topological polar surface area (TPSA) is 75.1 Å². The Morgan fingerprint density at radius 2 is 2.00 bits per heavy atom. The van der Waals surface area contributed by atoms with Crippen molar-refractivity contribution in [1.29, 1.82) is 0 Å². The van der Waals surface area contributed by atoms with Gasteiger partial charge in [0.1, 0.15) is 4.88 Å². The van der Waals surface area contributed by atoms with Crippen molar-refractivity contribution in [3.05, 3.63) is 46.0 Å². The molecule has 18 heavy (non-hydrogen) atoms. The van der Waals surface area contributed by atoms with Crippen LogP contribution in [0.15, 0.2) is 24.3 Å². The van der Waals surface area contributed by atoms with Gasteiger partial charge in [-0.2, -0.15) is 0 Å². The SMILES string of the molecule is Cc1nnsc1C(=O)NCc1ccc(CO)cc1. The molecule has 5 nitrogen and oxygen atoms in total. The Kier molecular flexibility index (Phi) is 4.01. The van der Waals surface area contributed by atoms with E-state index in [0.29, 0.717) is 17.1 Å². The van der Waals surface area contributed by atoms with Crippen LogP contribution in [0.3, 0.4) is 0 Å². The molecule has 2 aromatic rings. The first-order valence-electron chi connectivity index (χ1n) is 5.46. The van der Waals surface area contributed by atoms with E-state index in [0.717, 1.165) is 22.7 Å². The molecule has 1 amide bonds. The molecule has 0 spiro atoms. The van der Waals surface area contributed by atoms with Crippen LogP contribution in [-0.4, -0.2) is 20.6 Å². The van der Waals surface area contributed by atoms with Gasteiger partial charge in [-0.25, -0.2) is 0 Å². The lowest BCUT2D eigenvalue weighted by atomic mass is 10.1. The number of aromatic nitrogens is 2.